The first-order chi connectivity index (χ1) is 13.0. The van der Waals surface area contributed by atoms with Gasteiger partial charge < -0.3 is 14.2 Å². The molecule has 142 valence electrons. The molecule has 9 nitrogen and oxygen atoms in total. The van der Waals surface area contributed by atoms with E-state index in [1.54, 1.807) is 44.4 Å². The largest absolute Gasteiger partial charge is 0.496 e. The lowest BCUT2D eigenvalue weighted by Crippen LogP contribution is -2.07. The van der Waals surface area contributed by atoms with Gasteiger partial charge in [0.1, 0.15) is 5.75 Å². The summed E-state index contributed by atoms with van der Waals surface area (Å²) in [6.07, 6.45) is 1.61. The quantitative estimate of drug-likeness (QED) is 0.516. The summed E-state index contributed by atoms with van der Waals surface area (Å²) >= 11 is 5.30. The number of H-pyrrole nitrogens is 1. The minimum absolute atomic E-state index is 0.341. The van der Waals surface area contributed by atoms with E-state index in [2.05, 4.69) is 20.4 Å². The van der Waals surface area contributed by atoms with Crippen molar-refractivity contribution in [3.05, 3.63) is 39.9 Å². The van der Waals surface area contributed by atoms with Crippen LogP contribution in [-0.4, -0.2) is 52.2 Å². The van der Waals surface area contributed by atoms with Crippen molar-refractivity contribution in [2.75, 3.05) is 21.3 Å². The Labute approximate surface area is 161 Å². The van der Waals surface area contributed by atoms with E-state index in [0.717, 1.165) is 11.4 Å². The van der Waals surface area contributed by atoms with Crippen LogP contribution in [0.1, 0.15) is 17.0 Å². The van der Waals surface area contributed by atoms with Crippen LogP contribution in [0.15, 0.2) is 23.3 Å². The first-order valence-corrected chi connectivity index (χ1v) is 8.44. The summed E-state index contributed by atoms with van der Waals surface area (Å²) in [6.45, 7) is 3.84. The molecule has 0 unspecified atom stereocenters. The SMILES string of the molecule is COc1cc(OC)c(OC)cc1/C=N\n1c(-n2nc(C)cc2C)n[nH]c1=S. The van der Waals surface area contributed by atoms with Gasteiger partial charge in [-0.15, -0.1) is 5.10 Å². The van der Waals surface area contributed by atoms with Crippen molar-refractivity contribution in [3.63, 3.8) is 0 Å². The van der Waals surface area contributed by atoms with Gasteiger partial charge in [-0.2, -0.15) is 14.9 Å². The molecule has 0 aliphatic heterocycles. The second-order valence-corrected chi connectivity index (χ2v) is 6.06. The summed E-state index contributed by atoms with van der Waals surface area (Å²) in [5.41, 5.74) is 2.48. The van der Waals surface area contributed by atoms with Gasteiger partial charge in [0, 0.05) is 17.3 Å². The molecule has 0 saturated carbocycles. The number of hydrogen-bond donors (Lipinski definition) is 1. The number of ether oxygens (including phenoxy) is 3. The maximum Gasteiger partial charge on any atom is 0.271 e. The number of rotatable bonds is 6. The van der Waals surface area contributed by atoms with Gasteiger partial charge in [-0.05, 0) is 38.2 Å². The Morgan fingerprint density at radius 3 is 2.30 bits per heavy atom. The van der Waals surface area contributed by atoms with Gasteiger partial charge in [0.15, 0.2) is 11.5 Å². The molecule has 0 saturated heterocycles. The van der Waals surface area contributed by atoms with Gasteiger partial charge in [-0.3, -0.25) is 0 Å². The minimum Gasteiger partial charge on any atom is -0.496 e. The molecule has 3 rings (SSSR count). The van der Waals surface area contributed by atoms with Crippen LogP contribution in [0.25, 0.3) is 5.95 Å². The topological polar surface area (TPSA) is 91.5 Å². The smallest absolute Gasteiger partial charge is 0.271 e. The number of aromatic nitrogens is 5. The summed E-state index contributed by atoms with van der Waals surface area (Å²) in [7, 11) is 4.71. The normalized spacial score (nSPS) is 11.1. The molecule has 10 heteroatoms. The maximum atomic E-state index is 5.42. The molecule has 3 aromatic rings. The van der Waals surface area contributed by atoms with Gasteiger partial charge in [0.05, 0.1) is 33.2 Å². The fourth-order valence-electron chi connectivity index (χ4n) is 2.63. The van der Waals surface area contributed by atoms with E-state index >= 15 is 0 Å². The molecule has 0 radical (unpaired) electrons. The molecule has 0 spiro atoms. The van der Waals surface area contributed by atoms with Gasteiger partial charge >= 0.3 is 0 Å². The molecule has 2 aromatic heterocycles. The molecule has 1 N–H and O–H groups in total. The Kier molecular flexibility index (Phi) is 5.26. The van der Waals surface area contributed by atoms with E-state index < -0.39 is 0 Å². The molecule has 27 heavy (non-hydrogen) atoms. The number of aryl methyl sites for hydroxylation is 2. The fourth-order valence-corrected chi connectivity index (χ4v) is 2.80. The molecule has 0 fully saturated rings. The summed E-state index contributed by atoms with van der Waals surface area (Å²) in [5.74, 6) is 2.17. The molecule has 1 aromatic carbocycles. The van der Waals surface area contributed by atoms with E-state index in [1.165, 1.54) is 4.68 Å². The number of benzene rings is 1. The van der Waals surface area contributed by atoms with Gasteiger partial charge in [-0.25, -0.2) is 9.78 Å². The zero-order valence-corrected chi connectivity index (χ0v) is 16.5. The Morgan fingerprint density at radius 2 is 1.70 bits per heavy atom. The first-order valence-electron chi connectivity index (χ1n) is 8.04. The third kappa shape index (κ3) is 3.56. The third-order valence-electron chi connectivity index (χ3n) is 3.88. The molecular weight excluding hydrogens is 368 g/mol. The molecule has 0 aliphatic carbocycles. The third-order valence-corrected chi connectivity index (χ3v) is 4.14. The number of nitrogens with one attached hydrogen (secondary N) is 1. The van der Waals surface area contributed by atoms with Gasteiger partial charge in [0.2, 0.25) is 4.77 Å². The Hall–Kier alpha value is -3.14. The first kappa shape index (κ1) is 18.6. The van der Waals surface area contributed by atoms with Gasteiger partial charge in [0.25, 0.3) is 5.95 Å². The Morgan fingerprint density at radius 1 is 1.04 bits per heavy atom. The fraction of sp³-hybridized carbons (Fsp3) is 0.294. The van der Waals surface area contributed by atoms with E-state index in [-0.39, 0.29) is 0 Å². The number of hydrogen-bond acceptors (Lipinski definition) is 7. The van der Waals surface area contributed by atoms with Crippen LogP contribution < -0.4 is 14.2 Å². The highest BCUT2D eigenvalue weighted by Gasteiger charge is 2.13. The van der Waals surface area contributed by atoms with Crippen LogP contribution in [0, 0.1) is 18.6 Å². The summed E-state index contributed by atoms with van der Waals surface area (Å²) < 4.78 is 19.6. The van der Waals surface area contributed by atoms with Crippen LogP contribution in [0.2, 0.25) is 0 Å². The highest BCUT2D eigenvalue weighted by Crippen LogP contribution is 2.33. The maximum absolute atomic E-state index is 5.42. The predicted octanol–water partition coefficient (Wildman–Crippen LogP) is 2.65. The van der Waals surface area contributed by atoms with Crippen molar-refractivity contribution < 1.29 is 14.2 Å². The highest BCUT2D eigenvalue weighted by molar-refractivity contribution is 7.71. The second-order valence-electron chi connectivity index (χ2n) is 5.67. The lowest BCUT2D eigenvalue weighted by Gasteiger charge is -2.11. The number of aromatic amines is 1. The Bertz CT molecular complexity index is 1050. The summed E-state index contributed by atoms with van der Waals surface area (Å²) in [5, 5.41) is 15.9. The van der Waals surface area contributed by atoms with Gasteiger partial charge in [-0.1, -0.05) is 0 Å². The van der Waals surface area contributed by atoms with Crippen molar-refractivity contribution in [1.29, 1.82) is 0 Å². The average molecular weight is 388 g/mol. The van der Waals surface area contributed by atoms with Crippen molar-refractivity contribution in [1.82, 2.24) is 24.7 Å². The average Bonchev–Trinajstić information content (AvgIpc) is 3.19. The standard InChI is InChI=1S/C17H20N6O3S/c1-10-6-11(2)22(21-10)16-19-20-17(27)23(16)18-9-12-7-14(25-4)15(26-5)8-13(12)24-3/h6-9H,1-5H3,(H,20,27)/b18-9-. The van der Waals surface area contributed by atoms with Crippen LogP contribution in [0.5, 0.6) is 17.2 Å². The summed E-state index contributed by atoms with van der Waals surface area (Å²) in [4.78, 5) is 0. The molecule has 0 amide bonds. The zero-order valence-electron chi connectivity index (χ0n) is 15.7. The minimum atomic E-state index is 0.341. The van der Waals surface area contributed by atoms with Crippen LogP contribution in [-0.2, 0) is 0 Å². The molecule has 2 heterocycles. The van der Waals surface area contributed by atoms with Crippen LogP contribution >= 0.6 is 12.2 Å². The van der Waals surface area contributed by atoms with E-state index in [1.807, 2.05) is 19.9 Å². The van der Waals surface area contributed by atoms with Crippen molar-refractivity contribution >= 4 is 18.4 Å². The zero-order chi connectivity index (χ0) is 19.6. The molecular formula is C17H20N6O3S. The Balaban J connectivity index is 2.06. The second kappa shape index (κ2) is 7.62. The lowest BCUT2D eigenvalue weighted by atomic mass is 10.2. The monoisotopic (exact) mass is 388 g/mol. The molecule has 0 atom stereocenters. The van der Waals surface area contributed by atoms with Crippen molar-refractivity contribution in [2.45, 2.75) is 13.8 Å². The highest BCUT2D eigenvalue weighted by atomic mass is 32.1. The van der Waals surface area contributed by atoms with Crippen molar-refractivity contribution in [3.8, 4) is 23.2 Å². The number of methoxy groups -OCH3 is 3. The lowest BCUT2D eigenvalue weighted by molar-refractivity contribution is 0.349. The summed E-state index contributed by atoms with van der Waals surface area (Å²) in [6, 6.07) is 5.45. The van der Waals surface area contributed by atoms with Crippen molar-refractivity contribution in [2.24, 2.45) is 5.10 Å². The van der Waals surface area contributed by atoms with E-state index in [0.29, 0.717) is 33.5 Å². The van der Waals surface area contributed by atoms with Crippen LogP contribution in [0.4, 0.5) is 0 Å². The molecule has 0 aliphatic rings. The van der Waals surface area contributed by atoms with E-state index in [4.69, 9.17) is 26.4 Å². The number of nitrogens with zero attached hydrogens (tertiary/aromatic N) is 5. The molecule has 0 bridgehead atoms. The van der Waals surface area contributed by atoms with Crippen LogP contribution in [0.3, 0.4) is 0 Å². The van der Waals surface area contributed by atoms with E-state index in [9.17, 15) is 0 Å². The predicted molar refractivity (Wildman–Crippen MR) is 103 cm³/mol.